The van der Waals surface area contributed by atoms with Gasteiger partial charge in [-0.2, -0.15) is 4.37 Å². The molecule has 0 radical (unpaired) electrons. The number of nitrogens with two attached hydrogens (primary N) is 1. The Morgan fingerprint density at radius 3 is 2.89 bits per heavy atom. The lowest BCUT2D eigenvalue weighted by atomic mass is 10.2. The Bertz CT molecular complexity index is 590. The molecule has 0 spiro atoms. The molecule has 1 unspecified atom stereocenters. The molecule has 0 bridgehead atoms. The molecule has 1 amide bonds. The highest BCUT2D eigenvalue weighted by molar-refractivity contribution is 7.11. The van der Waals surface area contributed by atoms with Crippen molar-refractivity contribution in [2.45, 2.75) is 13.0 Å². The molecule has 19 heavy (non-hydrogen) atoms. The van der Waals surface area contributed by atoms with Crippen molar-refractivity contribution in [2.75, 3.05) is 18.1 Å². The topological polar surface area (TPSA) is 111 Å². The summed E-state index contributed by atoms with van der Waals surface area (Å²) in [5, 5.41) is 14.2. The molecular formula is C10H15N7OS. The number of carbonyl (C=O) groups is 1. The summed E-state index contributed by atoms with van der Waals surface area (Å²) in [6.45, 7) is 1.92. The van der Waals surface area contributed by atoms with E-state index in [1.165, 1.54) is 0 Å². The minimum Gasteiger partial charge on any atom is -0.382 e. The van der Waals surface area contributed by atoms with Gasteiger partial charge in [0.25, 0.3) is 5.91 Å². The highest BCUT2D eigenvalue weighted by Gasteiger charge is 2.21. The Kier molecular flexibility index (Phi) is 3.65. The molecule has 8 nitrogen and oxygen atoms in total. The fraction of sp³-hybridized carbons (Fsp3) is 0.400. The van der Waals surface area contributed by atoms with Crippen molar-refractivity contribution in [3.05, 3.63) is 17.7 Å². The van der Waals surface area contributed by atoms with Crippen molar-refractivity contribution in [1.29, 1.82) is 0 Å². The Hall–Kier alpha value is -2.16. The molecule has 1 atom stereocenters. The van der Waals surface area contributed by atoms with Crippen molar-refractivity contribution in [2.24, 2.45) is 7.05 Å². The highest BCUT2D eigenvalue weighted by Crippen LogP contribution is 2.29. The zero-order valence-electron chi connectivity index (χ0n) is 10.8. The highest BCUT2D eigenvalue weighted by atomic mass is 32.1. The summed E-state index contributed by atoms with van der Waals surface area (Å²) >= 11 is 1.15. The van der Waals surface area contributed by atoms with Crippen molar-refractivity contribution in [1.82, 2.24) is 24.5 Å². The summed E-state index contributed by atoms with van der Waals surface area (Å²) in [7, 11) is 3.41. The molecule has 2 heterocycles. The average molecular weight is 281 g/mol. The number of carbonyl (C=O) groups excluding carboxylic acids is 1. The third-order valence-corrected chi connectivity index (χ3v) is 3.45. The Balaban J connectivity index is 2.25. The lowest BCUT2D eigenvalue weighted by Gasteiger charge is -2.13. The Morgan fingerprint density at radius 1 is 1.58 bits per heavy atom. The molecule has 0 saturated heterocycles. The van der Waals surface area contributed by atoms with Crippen molar-refractivity contribution in [3.63, 3.8) is 0 Å². The number of nitrogen functional groups attached to an aromatic ring is 1. The van der Waals surface area contributed by atoms with E-state index in [1.54, 1.807) is 13.4 Å². The minimum atomic E-state index is -0.265. The van der Waals surface area contributed by atoms with Crippen LogP contribution in [0.4, 0.5) is 10.8 Å². The molecule has 0 saturated carbocycles. The van der Waals surface area contributed by atoms with Gasteiger partial charge in [-0.3, -0.25) is 4.79 Å². The minimum absolute atomic E-state index is 0.115. The summed E-state index contributed by atoms with van der Waals surface area (Å²) in [5.41, 5.74) is 6.07. The van der Waals surface area contributed by atoms with Gasteiger partial charge < -0.3 is 20.9 Å². The van der Waals surface area contributed by atoms with Crippen molar-refractivity contribution in [3.8, 4) is 0 Å². The molecule has 2 aromatic rings. The van der Waals surface area contributed by atoms with Crippen LogP contribution in [0.25, 0.3) is 0 Å². The van der Waals surface area contributed by atoms with Crippen LogP contribution in [0, 0.1) is 0 Å². The van der Waals surface area contributed by atoms with Crippen LogP contribution in [0.2, 0.25) is 0 Å². The van der Waals surface area contributed by atoms with E-state index < -0.39 is 0 Å². The molecule has 4 N–H and O–H groups in total. The van der Waals surface area contributed by atoms with E-state index in [0.717, 1.165) is 17.4 Å². The van der Waals surface area contributed by atoms with Gasteiger partial charge >= 0.3 is 0 Å². The molecule has 0 aromatic carbocycles. The van der Waals surface area contributed by atoms with Gasteiger partial charge in [0.2, 0.25) is 0 Å². The van der Waals surface area contributed by atoms with Crippen LogP contribution in [0.15, 0.2) is 6.33 Å². The van der Waals surface area contributed by atoms with Gasteiger partial charge in [0.1, 0.15) is 16.9 Å². The van der Waals surface area contributed by atoms with Gasteiger partial charge in [-0.15, -0.1) is 10.2 Å². The van der Waals surface area contributed by atoms with E-state index in [4.69, 9.17) is 5.73 Å². The average Bonchev–Trinajstić information content (AvgIpc) is 2.95. The Morgan fingerprint density at radius 2 is 2.32 bits per heavy atom. The molecule has 2 rings (SSSR count). The van der Waals surface area contributed by atoms with Gasteiger partial charge in [0.15, 0.2) is 11.6 Å². The molecule has 0 aliphatic rings. The van der Waals surface area contributed by atoms with E-state index in [-0.39, 0.29) is 17.8 Å². The van der Waals surface area contributed by atoms with E-state index >= 15 is 0 Å². The number of anilines is 2. The van der Waals surface area contributed by atoms with Crippen LogP contribution in [0.5, 0.6) is 0 Å². The zero-order chi connectivity index (χ0) is 14.0. The summed E-state index contributed by atoms with van der Waals surface area (Å²) in [6.07, 6.45) is 1.62. The first-order chi connectivity index (χ1) is 9.04. The third kappa shape index (κ3) is 2.50. The molecular weight excluding hydrogens is 266 g/mol. The van der Waals surface area contributed by atoms with Crippen LogP contribution in [-0.2, 0) is 7.05 Å². The number of hydrogen-bond acceptors (Lipinski definition) is 7. The first-order valence-corrected chi connectivity index (χ1v) is 6.39. The molecule has 0 aliphatic carbocycles. The second kappa shape index (κ2) is 5.22. The molecule has 0 aliphatic heterocycles. The van der Waals surface area contributed by atoms with Crippen LogP contribution in [-0.4, -0.2) is 32.1 Å². The number of hydrogen-bond donors (Lipinski definition) is 3. The lowest BCUT2D eigenvalue weighted by Crippen LogP contribution is -2.21. The number of nitrogens with zero attached hydrogens (tertiary/aromatic N) is 4. The molecule has 2 aromatic heterocycles. The summed E-state index contributed by atoms with van der Waals surface area (Å²) in [5.74, 6) is 0.714. The van der Waals surface area contributed by atoms with Gasteiger partial charge in [-0.25, -0.2) is 0 Å². The summed E-state index contributed by atoms with van der Waals surface area (Å²) < 4.78 is 5.80. The van der Waals surface area contributed by atoms with Gasteiger partial charge in [0.05, 0.1) is 6.04 Å². The number of nitrogens with one attached hydrogen (secondary N) is 2. The summed E-state index contributed by atoms with van der Waals surface area (Å²) in [6, 6.07) is -0.115. The standard InChI is InChI=1S/C10H15N7OS/c1-5(8-15-13-4-17(8)3)14-10-6(9(18)12-2)7(11)16-19-10/h4-5,14H,1-3H3,(H2,11,16)(H,12,18). The number of amides is 1. The quantitative estimate of drug-likeness (QED) is 0.747. The van der Waals surface area contributed by atoms with E-state index in [2.05, 4.69) is 25.2 Å². The second-order valence-electron chi connectivity index (χ2n) is 4.02. The zero-order valence-corrected chi connectivity index (χ0v) is 11.7. The van der Waals surface area contributed by atoms with Crippen LogP contribution < -0.4 is 16.4 Å². The van der Waals surface area contributed by atoms with Crippen LogP contribution >= 0.6 is 11.5 Å². The van der Waals surface area contributed by atoms with Crippen LogP contribution in [0.1, 0.15) is 29.1 Å². The molecule has 9 heteroatoms. The Labute approximate surface area is 114 Å². The smallest absolute Gasteiger partial charge is 0.257 e. The maximum atomic E-state index is 11.8. The fourth-order valence-electron chi connectivity index (χ4n) is 1.69. The second-order valence-corrected chi connectivity index (χ2v) is 4.79. The predicted molar refractivity (Wildman–Crippen MR) is 73.0 cm³/mol. The predicted octanol–water partition coefficient (Wildman–Crippen LogP) is 0.386. The maximum Gasteiger partial charge on any atom is 0.257 e. The first kappa shape index (κ1) is 13.3. The SMILES string of the molecule is CNC(=O)c1c(N)nsc1NC(C)c1nncn1C. The summed E-state index contributed by atoms with van der Waals surface area (Å²) in [4.78, 5) is 11.8. The van der Waals surface area contributed by atoms with E-state index in [1.807, 2.05) is 18.5 Å². The lowest BCUT2D eigenvalue weighted by molar-refractivity contribution is 0.0965. The normalized spacial score (nSPS) is 12.2. The maximum absolute atomic E-state index is 11.8. The number of aryl methyl sites for hydroxylation is 1. The van der Waals surface area contributed by atoms with Crippen LogP contribution in [0.3, 0.4) is 0 Å². The first-order valence-electron chi connectivity index (χ1n) is 5.62. The number of rotatable bonds is 4. The number of aromatic nitrogens is 4. The van der Waals surface area contributed by atoms with E-state index in [9.17, 15) is 4.79 Å². The largest absolute Gasteiger partial charge is 0.382 e. The molecule has 0 fully saturated rings. The van der Waals surface area contributed by atoms with Gasteiger partial charge in [-0.05, 0) is 18.5 Å². The monoisotopic (exact) mass is 281 g/mol. The van der Waals surface area contributed by atoms with Crippen molar-refractivity contribution < 1.29 is 4.79 Å². The van der Waals surface area contributed by atoms with Gasteiger partial charge in [-0.1, -0.05) is 0 Å². The fourth-order valence-corrected chi connectivity index (χ4v) is 2.49. The molecule has 102 valence electrons. The van der Waals surface area contributed by atoms with Crippen molar-refractivity contribution >= 4 is 28.3 Å². The van der Waals surface area contributed by atoms with Gasteiger partial charge in [0, 0.05) is 14.1 Å². The third-order valence-electron chi connectivity index (χ3n) is 2.65. The van der Waals surface area contributed by atoms with E-state index in [0.29, 0.717) is 10.6 Å².